The van der Waals surface area contributed by atoms with Gasteiger partial charge >= 0.3 is 5.30 Å². The molecule has 7 atom stereocenters. The van der Waals surface area contributed by atoms with E-state index in [1.165, 1.54) is 0 Å². The van der Waals surface area contributed by atoms with Gasteiger partial charge < -0.3 is 14.7 Å². The van der Waals surface area contributed by atoms with Crippen molar-refractivity contribution in [3.05, 3.63) is 0 Å². The Kier molecular flexibility index (Phi) is 4.62. The minimum atomic E-state index is -0.830. The zero-order valence-electron chi connectivity index (χ0n) is 17.0. The van der Waals surface area contributed by atoms with Crippen LogP contribution in [0, 0.1) is 28.6 Å². The number of hydrogen-bond acceptors (Lipinski definition) is 4. The van der Waals surface area contributed by atoms with E-state index in [4.69, 9.17) is 4.74 Å². The van der Waals surface area contributed by atoms with Crippen molar-refractivity contribution in [1.82, 2.24) is 4.90 Å². The van der Waals surface area contributed by atoms with Crippen molar-refractivity contribution in [3.63, 3.8) is 0 Å². The molecular weight excluding hydrogens is 362 g/mol. The second-order valence-corrected chi connectivity index (χ2v) is 11.0. The quantitative estimate of drug-likeness (QED) is 0.692. The molecule has 1 aliphatic heterocycles. The average Bonchev–Trinajstić information content (AvgIpc) is 2.91. The van der Waals surface area contributed by atoms with Crippen molar-refractivity contribution in [2.24, 2.45) is 28.6 Å². The Bertz CT molecular complexity index is 656. The van der Waals surface area contributed by atoms with Crippen LogP contribution in [0.2, 0.25) is 0 Å². The number of piperidine rings is 1. The number of fused-ring (bicyclic) bond motifs is 5. The highest BCUT2D eigenvalue weighted by Gasteiger charge is 2.66. The third kappa shape index (κ3) is 2.54. The number of methoxy groups -OCH3 is 1. The maximum atomic E-state index is 12.3. The first-order chi connectivity index (χ1) is 12.7. The van der Waals surface area contributed by atoms with Crippen molar-refractivity contribution in [2.45, 2.75) is 76.2 Å². The summed E-state index contributed by atoms with van der Waals surface area (Å²) in [4.78, 5) is 25.3. The third-order valence-corrected chi connectivity index (χ3v) is 10.5. The summed E-state index contributed by atoms with van der Waals surface area (Å²) in [6.07, 6.45) is 7.94. The number of hydrogen-bond donors (Lipinski definition) is 1. The fraction of sp³-hybridized carbons (Fsp3) is 0.905. The maximum absolute atomic E-state index is 12.3. The van der Waals surface area contributed by atoms with Crippen molar-refractivity contribution in [3.8, 4) is 0 Å². The molecule has 152 valence electrons. The van der Waals surface area contributed by atoms with Gasteiger partial charge in [0.05, 0.1) is 0 Å². The lowest BCUT2D eigenvalue weighted by atomic mass is 9.47. The van der Waals surface area contributed by atoms with Gasteiger partial charge in [0, 0.05) is 32.0 Å². The number of nitrogens with zero attached hydrogens (tertiary/aromatic N) is 1. The van der Waals surface area contributed by atoms with E-state index in [0.717, 1.165) is 56.7 Å². The summed E-state index contributed by atoms with van der Waals surface area (Å²) in [5, 5.41) is 8.67. The Morgan fingerprint density at radius 1 is 1.15 bits per heavy atom. The topological polar surface area (TPSA) is 66.8 Å². The molecule has 6 heteroatoms. The highest BCUT2D eigenvalue weighted by atomic mass is 32.2. The number of carboxylic acid groups (broad SMARTS) is 1. The summed E-state index contributed by atoms with van der Waals surface area (Å²) >= 11 is 0.998. The normalized spacial score (nSPS) is 49.3. The van der Waals surface area contributed by atoms with E-state index in [1.54, 1.807) is 7.11 Å². The number of rotatable bonds is 2. The molecule has 4 fully saturated rings. The zero-order valence-corrected chi connectivity index (χ0v) is 17.8. The molecule has 0 aromatic rings. The molecule has 0 aromatic heterocycles. The first-order valence-electron chi connectivity index (χ1n) is 10.4. The van der Waals surface area contributed by atoms with E-state index in [2.05, 4.69) is 13.8 Å². The van der Waals surface area contributed by atoms with Crippen LogP contribution in [0.1, 0.15) is 65.2 Å². The van der Waals surface area contributed by atoms with Crippen LogP contribution >= 0.6 is 11.8 Å². The molecule has 0 bridgehead atoms. The molecule has 3 aliphatic carbocycles. The molecule has 3 saturated carbocycles. The monoisotopic (exact) mass is 395 g/mol. The molecule has 4 rings (SSSR count). The van der Waals surface area contributed by atoms with Crippen LogP contribution in [0.15, 0.2) is 0 Å². The molecule has 2 unspecified atom stereocenters. The molecule has 0 aromatic carbocycles. The summed E-state index contributed by atoms with van der Waals surface area (Å²) < 4.78 is 5.95. The predicted octanol–water partition coefficient (Wildman–Crippen LogP) is 4.60. The lowest BCUT2D eigenvalue weighted by Gasteiger charge is -2.62. The van der Waals surface area contributed by atoms with Crippen molar-refractivity contribution >= 4 is 23.0 Å². The molecule has 0 radical (unpaired) electrons. The fourth-order valence-electron chi connectivity index (χ4n) is 7.79. The predicted molar refractivity (Wildman–Crippen MR) is 106 cm³/mol. The lowest BCUT2D eigenvalue weighted by Crippen LogP contribution is -2.62. The SMILES string of the molecule is COC1(SC(=O)O)CC[C@H]2[C@@H]3CCC4N(C)C(=O)CC[C@]4(C)[C@@H]3CC[C@@]21C. The van der Waals surface area contributed by atoms with Gasteiger partial charge in [-0.2, -0.15) is 0 Å². The second-order valence-electron chi connectivity index (χ2n) is 9.80. The summed E-state index contributed by atoms with van der Waals surface area (Å²) in [5.74, 6) is 2.07. The molecule has 1 N–H and O–H groups in total. The highest BCUT2D eigenvalue weighted by molar-refractivity contribution is 8.14. The molecule has 1 saturated heterocycles. The smallest absolute Gasteiger partial charge is 0.367 e. The van der Waals surface area contributed by atoms with Gasteiger partial charge in [0.1, 0.15) is 4.93 Å². The minimum Gasteiger partial charge on any atom is -0.473 e. The highest BCUT2D eigenvalue weighted by Crippen LogP contribution is 2.69. The first-order valence-corrected chi connectivity index (χ1v) is 11.2. The Labute approximate surface area is 166 Å². The number of ether oxygens (including phenoxy) is 1. The third-order valence-electron chi connectivity index (χ3n) is 9.18. The number of carbonyl (C=O) groups is 2. The van der Waals surface area contributed by atoms with Gasteiger partial charge in [0.2, 0.25) is 5.91 Å². The Morgan fingerprint density at radius 2 is 1.85 bits per heavy atom. The van der Waals surface area contributed by atoms with E-state index in [9.17, 15) is 14.7 Å². The first kappa shape index (κ1) is 19.6. The summed E-state index contributed by atoms with van der Waals surface area (Å²) in [6, 6.07) is 0.367. The molecule has 4 aliphatic rings. The van der Waals surface area contributed by atoms with E-state index < -0.39 is 10.2 Å². The number of thioether (sulfide) groups is 1. The summed E-state index contributed by atoms with van der Waals surface area (Å²) in [5.41, 5.74) is 0.108. The molecule has 1 amide bonds. The van der Waals surface area contributed by atoms with Gasteiger partial charge in [-0.05, 0) is 79.9 Å². The number of carbonyl (C=O) groups excluding carboxylic acids is 1. The molecule has 5 nitrogen and oxygen atoms in total. The average molecular weight is 396 g/mol. The maximum Gasteiger partial charge on any atom is 0.367 e. The second kappa shape index (κ2) is 6.38. The van der Waals surface area contributed by atoms with E-state index >= 15 is 0 Å². The Hall–Kier alpha value is -0.750. The lowest BCUT2D eigenvalue weighted by molar-refractivity contribution is -0.162. The zero-order chi connectivity index (χ0) is 19.6. The van der Waals surface area contributed by atoms with Gasteiger partial charge in [0.15, 0.2) is 0 Å². The molecular formula is C21H33NO4S. The van der Waals surface area contributed by atoms with Crippen LogP contribution < -0.4 is 0 Å². The van der Waals surface area contributed by atoms with Gasteiger partial charge in [0.25, 0.3) is 0 Å². The fourth-order valence-corrected chi connectivity index (χ4v) is 8.86. The Morgan fingerprint density at radius 3 is 2.52 bits per heavy atom. The standard InChI is InChI=1S/C21H33NO4S/c1-19-10-9-17(23)22(3)16(19)6-5-13-14(19)7-11-20(2)15(13)8-12-21(20,26-4)27-18(24)25/h13-16H,5-12H2,1-4H3,(H,24,25)/t13-,14-,15+,16?,19-,20+,21?/m1/s1. The number of likely N-dealkylation sites (tertiary alicyclic amines) is 1. The van der Waals surface area contributed by atoms with Crippen molar-refractivity contribution in [2.75, 3.05) is 14.2 Å². The molecule has 27 heavy (non-hydrogen) atoms. The van der Waals surface area contributed by atoms with Crippen LogP contribution in [0.5, 0.6) is 0 Å². The van der Waals surface area contributed by atoms with E-state index in [0.29, 0.717) is 36.1 Å². The van der Waals surface area contributed by atoms with E-state index in [-0.39, 0.29) is 10.8 Å². The number of amides is 1. The molecule has 1 heterocycles. The van der Waals surface area contributed by atoms with Crippen LogP contribution in [-0.4, -0.2) is 46.3 Å². The molecule has 0 spiro atoms. The summed E-state index contributed by atoms with van der Waals surface area (Å²) in [7, 11) is 3.68. The van der Waals surface area contributed by atoms with Gasteiger partial charge in [-0.25, -0.2) is 4.79 Å². The van der Waals surface area contributed by atoms with Crippen LogP contribution in [0.3, 0.4) is 0 Å². The van der Waals surface area contributed by atoms with Crippen molar-refractivity contribution in [1.29, 1.82) is 0 Å². The van der Waals surface area contributed by atoms with Crippen LogP contribution in [-0.2, 0) is 9.53 Å². The van der Waals surface area contributed by atoms with Gasteiger partial charge in [-0.1, -0.05) is 13.8 Å². The van der Waals surface area contributed by atoms with E-state index in [1.807, 2.05) is 11.9 Å². The van der Waals surface area contributed by atoms with Gasteiger partial charge in [-0.15, -0.1) is 0 Å². The van der Waals surface area contributed by atoms with Crippen LogP contribution in [0.25, 0.3) is 0 Å². The minimum absolute atomic E-state index is 0.0917. The summed E-state index contributed by atoms with van der Waals surface area (Å²) in [6.45, 7) is 4.70. The Balaban J connectivity index is 1.65. The van der Waals surface area contributed by atoms with Crippen molar-refractivity contribution < 1.29 is 19.4 Å². The largest absolute Gasteiger partial charge is 0.473 e. The van der Waals surface area contributed by atoms with Crippen LogP contribution in [0.4, 0.5) is 4.79 Å². The van der Waals surface area contributed by atoms with Gasteiger partial charge in [-0.3, -0.25) is 4.79 Å².